The van der Waals surface area contributed by atoms with Crippen LogP contribution in [0.5, 0.6) is 0 Å². The molecule has 1 N–H and O–H groups in total. The van der Waals surface area contributed by atoms with Gasteiger partial charge in [0, 0.05) is 32.0 Å². The number of carbonyl (C=O) groups excluding carboxylic acids is 1. The van der Waals surface area contributed by atoms with E-state index in [9.17, 15) is 13.2 Å². The van der Waals surface area contributed by atoms with Crippen molar-refractivity contribution in [1.29, 1.82) is 0 Å². The molecule has 7 heteroatoms. The number of piperidine rings is 1. The number of rotatable bonds is 8. The maximum atomic E-state index is 12.6. The van der Waals surface area contributed by atoms with Crippen molar-refractivity contribution in [3.63, 3.8) is 0 Å². The molecule has 0 aliphatic carbocycles. The zero-order chi connectivity index (χ0) is 19.1. The summed E-state index contributed by atoms with van der Waals surface area (Å²) >= 11 is 0. The standard InChI is InChI=1S/C20H26N2O4S/c23-20(21-12-4-8-19-9-5-15-26-19)18-10-13-22(14-11-18)27(24,25)16-17-6-2-1-3-7-17/h1-3,5-7,9,15,18H,4,8,10-14,16H2,(H,21,23). The van der Waals surface area contributed by atoms with E-state index in [1.807, 2.05) is 42.5 Å². The molecule has 27 heavy (non-hydrogen) atoms. The molecule has 146 valence electrons. The number of aryl methyl sites for hydroxylation is 1. The Morgan fingerprint density at radius 2 is 1.85 bits per heavy atom. The van der Waals surface area contributed by atoms with Crippen molar-refractivity contribution in [2.24, 2.45) is 5.92 Å². The molecule has 0 spiro atoms. The van der Waals surface area contributed by atoms with Gasteiger partial charge in [-0.2, -0.15) is 0 Å². The van der Waals surface area contributed by atoms with E-state index in [4.69, 9.17) is 4.42 Å². The van der Waals surface area contributed by atoms with Crippen molar-refractivity contribution in [3.8, 4) is 0 Å². The second-order valence-corrected chi connectivity index (χ2v) is 8.86. The fourth-order valence-electron chi connectivity index (χ4n) is 3.35. The molecule has 1 aromatic carbocycles. The minimum Gasteiger partial charge on any atom is -0.469 e. The van der Waals surface area contributed by atoms with E-state index in [0.29, 0.717) is 32.5 Å². The lowest BCUT2D eigenvalue weighted by atomic mass is 9.97. The van der Waals surface area contributed by atoms with Gasteiger partial charge in [-0.05, 0) is 37.0 Å². The van der Waals surface area contributed by atoms with Gasteiger partial charge in [-0.25, -0.2) is 12.7 Å². The van der Waals surface area contributed by atoms with Crippen LogP contribution in [0.2, 0.25) is 0 Å². The molecule has 1 saturated heterocycles. The van der Waals surface area contributed by atoms with Gasteiger partial charge in [0.05, 0.1) is 12.0 Å². The molecule has 0 atom stereocenters. The maximum Gasteiger partial charge on any atom is 0.223 e. The second kappa shape index (κ2) is 9.19. The molecule has 3 rings (SSSR count). The highest BCUT2D eigenvalue weighted by Gasteiger charge is 2.30. The first-order valence-corrected chi connectivity index (χ1v) is 11.0. The van der Waals surface area contributed by atoms with Crippen LogP contribution in [-0.4, -0.2) is 38.3 Å². The summed E-state index contributed by atoms with van der Waals surface area (Å²) in [5, 5.41) is 2.96. The zero-order valence-corrected chi connectivity index (χ0v) is 16.2. The van der Waals surface area contributed by atoms with Crippen LogP contribution in [0, 0.1) is 5.92 Å². The molecule has 1 amide bonds. The van der Waals surface area contributed by atoms with Gasteiger partial charge in [-0.3, -0.25) is 4.79 Å². The van der Waals surface area contributed by atoms with Crippen LogP contribution in [0.25, 0.3) is 0 Å². The number of benzene rings is 1. The van der Waals surface area contributed by atoms with E-state index in [-0.39, 0.29) is 17.6 Å². The summed E-state index contributed by atoms with van der Waals surface area (Å²) in [5.41, 5.74) is 0.786. The fraction of sp³-hybridized carbons (Fsp3) is 0.450. The number of hydrogen-bond donors (Lipinski definition) is 1. The van der Waals surface area contributed by atoms with Crippen LogP contribution in [0.3, 0.4) is 0 Å². The van der Waals surface area contributed by atoms with Gasteiger partial charge in [0.1, 0.15) is 5.76 Å². The first-order valence-electron chi connectivity index (χ1n) is 9.36. The summed E-state index contributed by atoms with van der Waals surface area (Å²) in [6, 6.07) is 13.0. The Balaban J connectivity index is 1.40. The Morgan fingerprint density at radius 1 is 1.11 bits per heavy atom. The van der Waals surface area contributed by atoms with Crippen LogP contribution < -0.4 is 5.32 Å². The Labute approximate surface area is 160 Å². The predicted molar refractivity (Wildman–Crippen MR) is 103 cm³/mol. The Kier molecular flexibility index (Phi) is 6.68. The fourth-order valence-corrected chi connectivity index (χ4v) is 4.91. The van der Waals surface area contributed by atoms with Crippen molar-refractivity contribution in [2.45, 2.75) is 31.4 Å². The third kappa shape index (κ3) is 5.68. The second-order valence-electron chi connectivity index (χ2n) is 6.89. The minimum absolute atomic E-state index is 0.0114. The minimum atomic E-state index is -3.34. The number of sulfonamides is 1. The molecule has 1 aliphatic heterocycles. The highest BCUT2D eigenvalue weighted by atomic mass is 32.2. The molecular weight excluding hydrogens is 364 g/mol. The van der Waals surface area contributed by atoms with E-state index < -0.39 is 10.0 Å². The number of nitrogens with one attached hydrogen (secondary N) is 1. The zero-order valence-electron chi connectivity index (χ0n) is 15.3. The van der Waals surface area contributed by atoms with E-state index in [1.54, 1.807) is 6.26 Å². The van der Waals surface area contributed by atoms with Gasteiger partial charge in [0.2, 0.25) is 15.9 Å². The summed E-state index contributed by atoms with van der Waals surface area (Å²) in [6.07, 6.45) is 4.40. The van der Waals surface area contributed by atoms with Crippen molar-refractivity contribution in [1.82, 2.24) is 9.62 Å². The highest BCUT2D eigenvalue weighted by molar-refractivity contribution is 7.88. The molecule has 0 unspecified atom stereocenters. The topological polar surface area (TPSA) is 79.6 Å². The third-order valence-electron chi connectivity index (χ3n) is 4.89. The molecule has 6 nitrogen and oxygen atoms in total. The molecule has 1 aromatic heterocycles. The molecule has 0 bridgehead atoms. The number of hydrogen-bond acceptors (Lipinski definition) is 4. The van der Waals surface area contributed by atoms with Gasteiger partial charge >= 0.3 is 0 Å². The summed E-state index contributed by atoms with van der Waals surface area (Å²) in [5.74, 6) is 0.838. The summed E-state index contributed by atoms with van der Waals surface area (Å²) in [7, 11) is -3.34. The van der Waals surface area contributed by atoms with Crippen molar-refractivity contribution in [3.05, 3.63) is 60.1 Å². The molecule has 1 fully saturated rings. The highest BCUT2D eigenvalue weighted by Crippen LogP contribution is 2.22. The van der Waals surface area contributed by atoms with Gasteiger partial charge < -0.3 is 9.73 Å². The monoisotopic (exact) mass is 390 g/mol. The van der Waals surface area contributed by atoms with Crippen LogP contribution in [-0.2, 0) is 27.0 Å². The van der Waals surface area contributed by atoms with E-state index in [2.05, 4.69) is 5.32 Å². The van der Waals surface area contributed by atoms with Crippen molar-refractivity contribution in [2.75, 3.05) is 19.6 Å². The molecule has 0 radical (unpaired) electrons. The molecule has 2 aromatic rings. The predicted octanol–water partition coefficient (Wildman–Crippen LogP) is 2.57. The molecule has 0 saturated carbocycles. The van der Waals surface area contributed by atoms with Gasteiger partial charge in [-0.15, -0.1) is 0 Å². The largest absolute Gasteiger partial charge is 0.469 e. The molecule has 2 heterocycles. The Bertz CT molecular complexity index is 811. The van der Waals surface area contributed by atoms with Gasteiger partial charge in [-0.1, -0.05) is 30.3 Å². The van der Waals surface area contributed by atoms with Crippen LogP contribution in [0.15, 0.2) is 53.1 Å². The number of amides is 1. The number of nitrogens with zero attached hydrogens (tertiary/aromatic N) is 1. The van der Waals surface area contributed by atoms with Crippen LogP contribution >= 0.6 is 0 Å². The van der Waals surface area contributed by atoms with E-state index in [1.165, 1.54) is 4.31 Å². The van der Waals surface area contributed by atoms with E-state index in [0.717, 1.165) is 24.2 Å². The quantitative estimate of drug-likeness (QED) is 0.703. The Morgan fingerprint density at radius 3 is 2.52 bits per heavy atom. The van der Waals surface area contributed by atoms with Crippen molar-refractivity contribution < 1.29 is 17.6 Å². The van der Waals surface area contributed by atoms with Crippen molar-refractivity contribution >= 4 is 15.9 Å². The normalized spacial score (nSPS) is 16.3. The number of furan rings is 1. The summed E-state index contributed by atoms with van der Waals surface area (Å²) in [4.78, 5) is 12.3. The van der Waals surface area contributed by atoms with Crippen LogP contribution in [0.1, 0.15) is 30.6 Å². The average Bonchev–Trinajstić information content (AvgIpc) is 3.19. The van der Waals surface area contributed by atoms with Gasteiger partial charge in [0.15, 0.2) is 0 Å². The smallest absolute Gasteiger partial charge is 0.223 e. The van der Waals surface area contributed by atoms with Crippen LogP contribution in [0.4, 0.5) is 0 Å². The SMILES string of the molecule is O=C(NCCCc1ccco1)C1CCN(S(=O)(=O)Cc2ccccc2)CC1. The lowest BCUT2D eigenvalue weighted by Gasteiger charge is -2.30. The van der Waals surface area contributed by atoms with E-state index >= 15 is 0 Å². The maximum absolute atomic E-state index is 12.6. The first-order chi connectivity index (χ1) is 13.0. The average molecular weight is 391 g/mol. The summed E-state index contributed by atoms with van der Waals surface area (Å²) in [6.45, 7) is 1.41. The van der Waals surface area contributed by atoms with Gasteiger partial charge in [0.25, 0.3) is 0 Å². The molecule has 1 aliphatic rings. The summed E-state index contributed by atoms with van der Waals surface area (Å²) < 4.78 is 31.9. The lowest BCUT2D eigenvalue weighted by Crippen LogP contribution is -2.43. The first kappa shape index (κ1) is 19.6. The number of carbonyl (C=O) groups is 1. The Hall–Kier alpha value is -2.12. The third-order valence-corrected chi connectivity index (χ3v) is 6.74. The molecular formula is C20H26N2O4S. The lowest BCUT2D eigenvalue weighted by molar-refractivity contribution is -0.126.